The van der Waals surface area contributed by atoms with E-state index in [-0.39, 0.29) is 13.2 Å². The molecule has 0 atom stereocenters. The van der Waals surface area contributed by atoms with Crippen molar-refractivity contribution in [1.82, 2.24) is 0 Å². The molecule has 1 rings (SSSR count). The maximum atomic E-state index is 11.6. The number of carbonyl (C=O) groups is 2. The fourth-order valence-corrected chi connectivity index (χ4v) is 1.38. The fraction of sp³-hybridized carbons (Fsp3) is 0.429. The highest BCUT2D eigenvalue weighted by Gasteiger charge is 2.13. The number of benzene rings is 1. The average Bonchev–Trinajstić information content (AvgIpc) is 2.47. The molecule has 0 aromatic heterocycles. The first-order valence-electron chi connectivity index (χ1n) is 6.50. The van der Waals surface area contributed by atoms with Gasteiger partial charge in [-0.2, -0.15) is 0 Å². The predicted octanol–water partition coefficient (Wildman–Crippen LogP) is 2.58. The van der Waals surface area contributed by atoms with Crippen LogP contribution in [0.15, 0.2) is 24.3 Å². The van der Waals surface area contributed by atoms with Gasteiger partial charge in [0.25, 0.3) is 0 Å². The van der Waals surface area contributed by atoms with Gasteiger partial charge in [0.05, 0.1) is 17.2 Å². The minimum absolute atomic E-state index is 0.0218. The highest BCUT2D eigenvalue weighted by molar-refractivity contribution is 5.90. The van der Waals surface area contributed by atoms with Gasteiger partial charge in [-0.25, -0.2) is 14.5 Å². The Kier molecular flexibility index (Phi) is 7.85. The molecule has 0 aliphatic heterocycles. The number of rotatable bonds is 8. The smallest absolute Gasteiger partial charge is 0.430 e. The SMILES string of the molecule is CCCOCCOC(=O)OOOC(=O)c1ccccc1C. The molecule has 0 unspecified atom stereocenters. The summed E-state index contributed by atoms with van der Waals surface area (Å²) in [7, 11) is 0. The second kappa shape index (κ2) is 9.73. The van der Waals surface area contributed by atoms with Crippen LogP contribution >= 0.6 is 0 Å². The van der Waals surface area contributed by atoms with E-state index in [0.717, 1.165) is 6.42 Å². The van der Waals surface area contributed by atoms with Gasteiger partial charge in [0.2, 0.25) is 0 Å². The van der Waals surface area contributed by atoms with E-state index in [2.05, 4.69) is 19.6 Å². The summed E-state index contributed by atoms with van der Waals surface area (Å²) in [5.74, 6) is -0.771. The van der Waals surface area contributed by atoms with Gasteiger partial charge >= 0.3 is 12.1 Å². The number of aryl methyl sites for hydroxylation is 1. The van der Waals surface area contributed by atoms with Crippen molar-refractivity contribution in [2.45, 2.75) is 20.3 Å². The molecular formula is C14H18O7. The molecule has 116 valence electrons. The molecule has 0 spiro atoms. The third-order valence-corrected chi connectivity index (χ3v) is 2.37. The van der Waals surface area contributed by atoms with Gasteiger partial charge in [0, 0.05) is 6.61 Å². The number of carbonyl (C=O) groups excluding carboxylic acids is 2. The van der Waals surface area contributed by atoms with Crippen LogP contribution < -0.4 is 0 Å². The Morgan fingerprint density at radius 2 is 1.81 bits per heavy atom. The van der Waals surface area contributed by atoms with Gasteiger partial charge in [-0.05, 0) is 25.0 Å². The Bertz CT molecular complexity index is 458. The molecular weight excluding hydrogens is 280 g/mol. The highest BCUT2D eigenvalue weighted by atomic mass is 17.5. The molecule has 0 heterocycles. The van der Waals surface area contributed by atoms with E-state index in [1.807, 2.05) is 6.92 Å². The van der Waals surface area contributed by atoms with Gasteiger partial charge in [0.1, 0.15) is 6.61 Å². The first-order chi connectivity index (χ1) is 10.1. The summed E-state index contributed by atoms with van der Waals surface area (Å²) in [4.78, 5) is 31.1. The monoisotopic (exact) mass is 298 g/mol. The van der Waals surface area contributed by atoms with Gasteiger partial charge < -0.3 is 9.47 Å². The molecule has 7 heteroatoms. The standard InChI is InChI=1S/C14H18O7/c1-3-8-17-9-10-18-14(16)20-21-19-13(15)12-7-5-4-6-11(12)2/h4-7H,3,8-10H2,1-2H3. The zero-order valence-electron chi connectivity index (χ0n) is 12.0. The molecule has 7 nitrogen and oxygen atoms in total. The molecule has 0 aliphatic rings. The second-order valence-corrected chi connectivity index (χ2v) is 4.05. The van der Waals surface area contributed by atoms with E-state index in [9.17, 15) is 9.59 Å². The molecule has 0 fully saturated rings. The summed E-state index contributed by atoms with van der Waals surface area (Å²) in [6, 6.07) is 6.75. The van der Waals surface area contributed by atoms with Crippen LogP contribution in [0.3, 0.4) is 0 Å². The minimum atomic E-state index is -1.12. The second-order valence-electron chi connectivity index (χ2n) is 4.05. The summed E-state index contributed by atoms with van der Waals surface area (Å²) in [5.41, 5.74) is 1.02. The average molecular weight is 298 g/mol. The normalized spacial score (nSPS) is 10.0. The summed E-state index contributed by atoms with van der Waals surface area (Å²) in [6.45, 7) is 4.57. The van der Waals surface area contributed by atoms with Crippen LogP contribution in [-0.2, 0) is 24.3 Å². The predicted molar refractivity (Wildman–Crippen MR) is 71.2 cm³/mol. The maximum Gasteiger partial charge on any atom is 0.543 e. The summed E-state index contributed by atoms with van der Waals surface area (Å²) in [6.07, 6.45) is -0.240. The van der Waals surface area contributed by atoms with E-state index in [1.165, 1.54) is 0 Å². The lowest BCUT2D eigenvalue weighted by molar-refractivity contribution is -0.452. The van der Waals surface area contributed by atoms with Crippen molar-refractivity contribution in [3.8, 4) is 0 Å². The van der Waals surface area contributed by atoms with Crippen molar-refractivity contribution in [2.24, 2.45) is 0 Å². The highest BCUT2D eigenvalue weighted by Crippen LogP contribution is 2.08. The van der Waals surface area contributed by atoms with Crippen LogP contribution in [0.25, 0.3) is 0 Å². The molecule has 0 amide bonds. The lowest BCUT2D eigenvalue weighted by Crippen LogP contribution is -2.15. The van der Waals surface area contributed by atoms with Crippen LogP contribution in [-0.4, -0.2) is 31.9 Å². The molecule has 21 heavy (non-hydrogen) atoms. The van der Waals surface area contributed by atoms with Gasteiger partial charge in [-0.1, -0.05) is 25.1 Å². The van der Waals surface area contributed by atoms with E-state index in [4.69, 9.17) is 4.74 Å². The zero-order chi connectivity index (χ0) is 15.5. The minimum Gasteiger partial charge on any atom is -0.430 e. The van der Waals surface area contributed by atoms with E-state index >= 15 is 0 Å². The van der Waals surface area contributed by atoms with Crippen LogP contribution in [0.2, 0.25) is 0 Å². The lowest BCUT2D eigenvalue weighted by atomic mass is 10.1. The van der Waals surface area contributed by atoms with Crippen molar-refractivity contribution in [2.75, 3.05) is 19.8 Å². The molecule has 0 saturated heterocycles. The van der Waals surface area contributed by atoms with Gasteiger partial charge in [-0.3, -0.25) is 4.89 Å². The summed E-state index contributed by atoms with van der Waals surface area (Å²) >= 11 is 0. The summed E-state index contributed by atoms with van der Waals surface area (Å²) in [5, 5.41) is 4.08. The van der Waals surface area contributed by atoms with E-state index < -0.39 is 12.1 Å². The Morgan fingerprint density at radius 3 is 2.52 bits per heavy atom. The Hall–Kier alpha value is -2.12. The molecule has 0 radical (unpaired) electrons. The quantitative estimate of drug-likeness (QED) is 0.316. The van der Waals surface area contributed by atoms with Crippen molar-refractivity contribution in [1.29, 1.82) is 0 Å². The lowest BCUT2D eigenvalue weighted by Gasteiger charge is -2.05. The molecule has 0 bridgehead atoms. The molecule has 1 aromatic rings. The van der Waals surface area contributed by atoms with Gasteiger partial charge in [-0.15, -0.1) is 0 Å². The van der Waals surface area contributed by atoms with Crippen molar-refractivity contribution in [3.05, 3.63) is 35.4 Å². The van der Waals surface area contributed by atoms with Crippen LogP contribution in [0, 0.1) is 6.92 Å². The molecule has 0 N–H and O–H groups in total. The van der Waals surface area contributed by atoms with Crippen LogP contribution in [0.4, 0.5) is 4.79 Å². The van der Waals surface area contributed by atoms with E-state index in [0.29, 0.717) is 17.7 Å². The van der Waals surface area contributed by atoms with Crippen LogP contribution in [0.5, 0.6) is 0 Å². The van der Waals surface area contributed by atoms with Gasteiger partial charge in [0.15, 0.2) is 0 Å². The third-order valence-electron chi connectivity index (χ3n) is 2.37. The Balaban J connectivity index is 2.17. The Morgan fingerprint density at radius 1 is 1.05 bits per heavy atom. The van der Waals surface area contributed by atoms with Crippen molar-refractivity contribution >= 4 is 12.1 Å². The molecule has 0 saturated carbocycles. The summed E-state index contributed by atoms with van der Waals surface area (Å²) < 4.78 is 9.69. The fourth-order valence-electron chi connectivity index (χ4n) is 1.38. The van der Waals surface area contributed by atoms with Crippen LogP contribution in [0.1, 0.15) is 29.3 Å². The van der Waals surface area contributed by atoms with Crippen molar-refractivity contribution in [3.63, 3.8) is 0 Å². The number of hydrogen-bond acceptors (Lipinski definition) is 7. The first kappa shape index (κ1) is 16.9. The molecule has 0 aliphatic carbocycles. The Labute approximate surface area is 122 Å². The maximum absolute atomic E-state index is 11.6. The van der Waals surface area contributed by atoms with E-state index in [1.54, 1.807) is 31.2 Å². The number of ether oxygens (including phenoxy) is 2. The topological polar surface area (TPSA) is 80.3 Å². The third kappa shape index (κ3) is 6.73. The number of hydrogen-bond donors (Lipinski definition) is 0. The largest absolute Gasteiger partial charge is 0.543 e. The van der Waals surface area contributed by atoms with Crippen molar-refractivity contribution < 1.29 is 33.9 Å². The first-order valence-corrected chi connectivity index (χ1v) is 6.50. The zero-order valence-corrected chi connectivity index (χ0v) is 12.0. The molecule has 1 aromatic carbocycles.